The van der Waals surface area contributed by atoms with Crippen LogP contribution in [0.1, 0.15) is 15.9 Å². The van der Waals surface area contributed by atoms with Crippen molar-refractivity contribution in [2.45, 2.75) is 0 Å². The first-order valence-electron chi connectivity index (χ1n) is 10.5. The molecule has 36 heavy (non-hydrogen) atoms. The van der Waals surface area contributed by atoms with Gasteiger partial charge in [0.25, 0.3) is 5.56 Å². The number of fused-ring (bicyclic) bond motifs is 1. The zero-order valence-electron chi connectivity index (χ0n) is 18.2. The van der Waals surface area contributed by atoms with Crippen LogP contribution in [-0.2, 0) is 0 Å². The predicted molar refractivity (Wildman–Crippen MR) is 142 cm³/mol. The highest BCUT2D eigenvalue weighted by molar-refractivity contribution is 9.10. The van der Waals surface area contributed by atoms with Crippen LogP contribution in [0.3, 0.4) is 0 Å². The minimum absolute atomic E-state index is 0.155. The van der Waals surface area contributed by atoms with Crippen LogP contribution in [0, 0.1) is 0 Å². The fraction of sp³-hybridized carbons (Fsp3) is 0. The Morgan fingerprint density at radius 3 is 2.67 bits per heavy atom. The highest BCUT2D eigenvalue weighted by atomic mass is 79.9. The molecule has 0 aliphatic heterocycles. The average molecular weight is 583 g/mol. The quantitative estimate of drug-likeness (QED) is 0.129. The third kappa shape index (κ3) is 4.83. The summed E-state index contributed by atoms with van der Waals surface area (Å²) in [6.07, 6.45) is 2.89. The molecule has 178 valence electrons. The lowest BCUT2D eigenvalue weighted by molar-refractivity contribution is 0.0734. The summed E-state index contributed by atoms with van der Waals surface area (Å²) in [6.45, 7) is 0. The summed E-state index contributed by atoms with van der Waals surface area (Å²) in [5.41, 5.74) is 0.706. The van der Waals surface area contributed by atoms with Crippen molar-refractivity contribution in [1.82, 2.24) is 9.66 Å². The van der Waals surface area contributed by atoms with Crippen LogP contribution >= 0.6 is 39.1 Å². The second-order valence-electron chi connectivity index (χ2n) is 7.49. The molecule has 0 aliphatic rings. The van der Waals surface area contributed by atoms with Crippen LogP contribution in [-0.4, -0.2) is 21.8 Å². The van der Waals surface area contributed by atoms with Gasteiger partial charge >= 0.3 is 5.97 Å². The van der Waals surface area contributed by atoms with Gasteiger partial charge in [0.1, 0.15) is 5.75 Å². The van der Waals surface area contributed by atoms with Gasteiger partial charge in [-0.3, -0.25) is 4.79 Å². The first-order valence-corrected chi connectivity index (χ1v) is 12.0. The number of hydrogen-bond acceptors (Lipinski definition) is 6. The van der Waals surface area contributed by atoms with Gasteiger partial charge < -0.3 is 9.15 Å². The molecule has 0 spiro atoms. The molecule has 0 saturated carbocycles. The van der Waals surface area contributed by atoms with Crippen molar-refractivity contribution in [1.29, 1.82) is 0 Å². The van der Waals surface area contributed by atoms with E-state index in [1.165, 1.54) is 24.6 Å². The van der Waals surface area contributed by atoms with Crippen molar-refractivity contribution in [3.05, 3.63) is 115 Å². The van der Waals surface area contributed by atoms with Crippen molar-refractivity contribution in [2.24, 2.45) is 5.10 Å². The highest BCUT2D eigenvalue weighted by Crippen LogP contribution is 2.26. The molecule has 0 bridgehead atoms. The molecule has 2 heterocycles. The van der Waals surface area contributed by atoms with Gasteiger partial charge in [-0.1, -0.05) is 51.3 Å². The molecule has 0 amide bonds. The lowest BCUT2D eigenvalue weighted by atomic mass is 10.2. The zero-order valence-corrected chi connectivity index (χ0v) is 21.3. The predicted octanol–water partition coefficient (Wildman–Crippen LogP) is 6.83. The highest BCUT2D eigenvalue weighted by Gasteiger charge is 2.17. The smallest absolute Gasteiger partial charge is 0.345 e. The Morgan fingerprint density at radius 1 is 1.06 bits per heavy atom. The van der Waals surface area contributed by atoms with Crippen molar-refractivity contribution in [3.8, 4) is 17.3 Å². The maximum Gasteiger partial charge on any atom is 0.345 e. The Labute approximate surface area is 222 Å². The van der Waals surface area contributed by atoms with Crippen LogP contribution in [0.25, 0.3) is 22.5 Å². The van der Waals surface area contributed by atoms with Gasteiger partial charge in [0, 0.05) is 15.1 Å². The Bertz CT molecular complexity index is 1700. The van der Waals surface area contributed by atoms with E-state index in [0.29, 0.717) is 31.7 Å². The van der Waals surface area contributed by atoms with E-state index in [9.17, 15) is 9.59 Å². The van der Waals surface area contributed by atoms with Crippen LogP contribution in [0.2, 0.25) is 10.0 Å². The third-order valence-corrected chi connectivity index (χ3v) is 6.17. The fourth-order valence-electron chi connectivity index (χ4n) is 3.44. The number of furan rings is 1. The summed E-state index contributed by atoms with van der Waals surface area (Å²) in [7, 11) is 0. The molecule has 0 radical (unpaired) electrons. The number of carbonyl (C=O) groups excluding carboxylic acids is 1. The van der Waals surface area contributed by atoms with Crippen LogP contribution < -0.4 is 10.3 Å². The summed E-state index contributed by atoms with van der Waals surface area (Å²) < 4.78 is 12.9. The van der Waals surface area contributed by atoms with E-state index in [1.807, 2.05) is 0 Å². The second kappa shape index (κ2) is 10.1. The lowest BCUT2D eigenvalue weighted by Crippen LogP contribution is -2.20. The lowest BCUT2D eigenvalue weighted by Gasteiger charge is -2.10. The number of hydrogen-bond donors (Lipinski definition) is 0. The Morgan fingerprint density at radius 2 is 1.89 bits per heavy atom. The number of para-hydroxylation sites is 1. The SMILES string of the molecule is O=C(Oc1ccc(Br)cc1C=Nn1c(-c2ccco2)nc2ccccc2c1=O)c1ccc(Cl)cc1Cl. The average Bonchev–Trinajstić information content (AvgIpc) is 3.39. The van der Waals surface area contributed by atoms with Crippen molar-refractivity contribution < 1.29 is 13.9 Å². The third-order valence-electron chi connectivity index (χ3n) is 5.13. The number of nitrogens with zero attached hydrogens (tertiary/aromatic N) is 3. The second-order valence-corrected chi connectivity index (χ2v) is 9.25. The van der Waals surface area contributed by atoms with Gasteiger partial charge in [0.05, 0.1) is 34.0 Å². The number of rotatable bonds is 5. The Hall–Kier alpha value is -3.72. The summed E-state index contributed by atoms with van der Waals surface area (Å²) in [4.78, 5) is 30.6. The molecular weight excluding hydrogens is 569 g/mol. The van der Waals surface area contributed by atoms with Crippen molar-refractivity contribution >= 4 is 62.2 Å². The molecule has 2 aromatic heterocycles. The summed E-state index contributed by atoms with van der Waals surface area (Å²) in [5.74, 6) is 0.128. The van der Waals surface area contributed by atoms with E-state index < -0.39 is 5.97 Å². The minimum atomic E-state index is -0.672. The molecule has 5 rings (SSSR count). The normalized spacial score (nSPS) is 11.3. The zero-order chi connectivity index (χ0) is 25.2. The topological polar surface area (TPSA) is 86.7 Å². The molecule has 0 atom stereocenters. The van der Waals surface area contributed by atoms with Crippen molar-refractivity contribution in [3.63, 3.8) is 0 Å². The minimum Gasteiger partial charge on any atom is -0.461 e. The van der Waals surface area contributed by atoms with E-state index in [-0.39, 0.29) is 27.7 Å². The molecule has 3 aromatic carbocycles. The molecule has 0 N–H and O–H groups in total. The Balaban J connectivity index is 1.57. The summed E-state index contributed by atoms with van der Waals surface area (Å²) in [5, 5.41) is 5.35. The molecule has 10 heteroatoms. The number of benzene rings is 3. The number of esters is 1. The first kappa shape index (κ1) is 24.0. The molecule has 7 nitrogen and oxygen atoms in total. The van der Waals surface area contributed by atoms with Gasteiger partial charge in [-0.15, -0.1) is 0 Å². The van der Waals surface area contributed by atoms with E-state index in [2.05, 4.69) is 26.0 Å². The summed E-state index contributed by atoms with van der Waals surface area (Å²) >= 11 is 15.5. The molecule has 5 aromatic rings. The number of carbonyl (C=O) groups is 1. The fourth-order valence-corrected chi connectivity index (χ4v) is 4.30. The number of halogens is 3. The molecule has 0 fully saturated rings. The van der Waals surface area contributed by atoms with Gasteiger partial charge in [-0.05, 0) is 60.7 Å². The maximum absolute atomic E-state index is 13.3. The van der Waals surface area contributed by atoms with E-state index in [0.717, 1.165) is 4.68 Å². The van der Waals surface area contributed by atoms with Crippen molar-refractivity contribution in [2.75, 3.05) is 0 Å². The molecule has 0 unspecified atom stereocenters. The van der Waals surface area contributed by atoms with Crippen LogP contribution in [0.15, 0.2) is 97.8 Å². The van der Waals surface area contributed by atoms with Gasteiger partial charge in [-0.2, -0.15) is 9.78 Å². The van der Waals surface area contributed by atoms with Gasteiger partial charge in [0.15, 0.2) is 5.76 Å². The van der Waals surface area contributed by atoms with E-state index in [1.54, 1.807) is 60.7 Å². The first-order chi connectivity index (χ1) is 17.4. The standard InChI is InChI=1S/C26H14BrCl2N3O4/c27-16-7-10-22(36-26(34)18-9-8-17(28)13-20(18)29)15(12-16)14-30-32-24(23-6-3-11-35-23)31-21-5-2-1-4-19(21)25(32)33/h1-14H. The van der Waals surface area contributed by atoms with Gasteiger partial charge in [0.2, 0.25) is 5.82 Å². The Kier molecular flexibility index (Phi) is 6.73. The molecule has 0 aliphatic carbocycles. The van der Waals surface area contributed by atoms with Gasteiger partial charge in [-0.25, -0.2) is 9.78 Å². The van der Waals surface area contributed by atoms with E-state index >= 15 is 0 Å². The largest absolute Gasteiger partial charge is 0.461 e. The number of aromatic nitrogens is 2. The monoisotopic (exact) mass is 581 g/mol. The summed E-state index contributed by atoms with van der Waals surface area (Å²) in [6, 6.07) is 19.8. The van der Waals surface area contributed by atoms with Crippen LogP contribution in [0.4, 0.5) is 0 Å². The molecule has 0 saturated heterocycles. The maximum atomic E-state index is 13.3. The molecular formula is C26H14BrCl2N3O4. The van der Waals surface area contributed by atoms with Crippen LogP contribution in [0.5, 0.6) is 5.75 Å². The number of ether oxygens (including phenoxy) is 1. The van der Waals surface area contributed by atoms with E-state index in [4.69, 9.17) is 32.4 Å².